The number of nitrogens with one attached hydrogen (secondary N) is 1. The van der Waals surface area contributed by atoms with Crippen LogP contribution in [0.25, 0.3) is 0 Å². The average molecular weight is 334 g/mol. The van der Waals surface area contributed by atoms with Crippen LogP contribution >= 0.6 is 0 Å². The molecule has 0 unspecified atom stereocenters. The van der Waals surface area contributed by atoms with E-state index >= 15 is 0 Å². The number of sulfonamides is 1. The molecular weight excluding hydrogens is 316 g/mol. The summed E-state index contributed by atoms with van der Waals surface area (Å²) in [6, 6.07) is 9.43. The van der Waals surface area contributed by atoms with E-state index in [9.17, 15) is 13.2 Å². The fourth-order valence-corrected chi connectivity index (χ4v) is 3.24. The largest absolute Gasteiger partial charge is 0.496 e. The molecule has 0 fully saturated rings. The number of ether oxygens (including phenoxy) is 1. The standard InChI is InChI=1S/C16H18N2O4S/c1-10-4-5-11(2)14(8-10)18-23(20,21)12-6-7-15(22-3)13(9-12)16(17)19/h4-9,18H,1-3H3,(H2,17,19). The number of rotatable bonds is 5. The van der Waals surface area contributed by atoms with Crippen molar-refractivity contribution in [3.63, 3.8) is 0 Å². The highest BCUT2D eigenvalue weighted by Gasteiger charge is 2.19. The lowest BCUT2D eigenvalue weighted by Crippen LogP contribution is -2.17. The van der Waals surface area contributed by atoms with Gasteiger partial charge in [0, 0.05) is 0 Å². The molecule has 0 aliphatic rings. The number of hydrogen-bond donors (Lipinski definition) is 2. The van der Waals surface area contributed by atoms with Gasteiger partial charge in [0.15, 0.2) is 0 Å². The van der Waals surface area contributed by atoms with Gasteiger partial charge in [-0.3, -0.25) is 9.52 Å². The second-order valence-electron chi connectivity index (χ2n) is 5.15. The van der Waals surface area contributed by atoms with Crippen LogP contribution in [0.3, 0.4) is 0 Å². The minimum absolute atomic E-state index is 0.0105. The molecule has 23 heavy (non-hydrogen) atoms. The highest BCUT2D eigenvalue weighted by atomic mass is 32.2. The second kappa shape index (κ2) is 6.29. The van der Waals surface area contributed by atoms with E-state index in [-0.39, 0.29) is 16.2 Å². The molecule has 0 aromatic heterocycles. The Bertz CT molecular complexity index is 860. The molecule has 0 aliphatic heterocycles. The molecule has 0 saturated carbocycles. The van der Waals surface area contributed by atoms with E-state index in [0.29, 0.717) is 5.69 Å². The van der Waals surface area contributed by atoms with Crippen molar-refractivity contribution in [2.75, 3.05) is 11.8 Å². The number of anilines is 1. The van der Waals surface area contributed by atoms with E-state index in [1.165, 1.54) is 25.3 Å². The van der Waals surface area contributed by atoms with E-state index < -0.39 is 15.9 Å². The van der Waals surface area contributed by atoms with E-state index in [4.69, 9.17) is 10.5 Å². The van der Waals surface area contributed by atoms with Gasteiger partial charge in [-0.1, -0.05) is 12.1 Å². The van der Waals surface area contributed by atoms with Crippen LogP contribution in [0.5, 0.6) is 5.75 Å². The molecule has 1 amide bonds. The fraction of sp³-hybridized carbons (Fsp3) is 0.188. The van der Waals surface area contributed by atoms with Gasteiger partial charge in [-0.15, -0.1) is 0 Å². The smallest absolute Gasteiger partial charge is 0.261 e. The summed E-state index contributed by atoms with van der Waals surface area (Å²) in [6.07, 6.45) is 0. The van der Waals surface area contributed by atoms with Gasteiger partial charge in [-0.05, 0) is 49.2 Å². The van der Waals surface area contributed by atoms with Crippen LogP contribution < -0.4 is 15.2 Å². The zero-order valence-corrected chi connectivity index (χ0v) is 13.9. The summed E-state index contributed by atoms with van der Waals surface area (Å²) in [5, 5.41) is 0. The fourth-order valence-electron chi connectivity index (χ4n) is 2.10. The molecular formula is C16H18N2O4S. The van der Waals surface area contributed by atoms with E-state index in [1.54, 1.807) is 13.0 Å². The Labute approximate surface area is 135 Å². The Kier molecular flexibility index (Phi) is 4.60. The molecule has 0 heterocycles. The van der Waals surface area contributed by atoms with Crippen LogP contribution in [-0.2, 0) is 10.0 Å². The molecule has 0 spiro atoms. The van der Waals surface area contributed by atoms with Gasteiger partial charge < -0.3 is 10.5 Å². The number of hydrogen-bond acceptors (Lipinski definition) is 4. The van der Waals surface area contributed by atoms with Crippen LogP contribution in [-0.4, -0.2) is 21.4 Å². The number of primary amides is 1. The highest BCUT2D eigenvalue weighted by Crippen LogP contribution is 2.25. The van der Waals surface area contributed by atoms with E-state index in [0.717, 1.165) is 11.1 Å². The van der Waals surface area contributed by atoms with Gasteiger partial charge in [0.2, 0.25) is 0 Å². The Morgan fingerprint density at radius 1 is 1.13 bits per heavy atom. The maximum absolute atomic E-state index is 12.5. The maximum atomic E-state index is 12.5. The van der Waals surface area contributed by atoms with Gasteiger partial charge in [0.05, 0.1) is 23.3 Å². The number of aryl methyl sites for hydroxylation is 2. The van der Waals surface area contributed by atoms with Crippen molar-refractivity contribution in [1.29, 1.82) is 0 Å². The zero-order chi connectivity index (χ0) is 17.2. The molecule has 3 N–H and O–H groups in total. The predicted molar refractivity (Wildman–Crippen MR) is 88.2 cm³/mol. The van der Waals surface area contributed by atoms with Crippen molar-refractivity contribution in [3.05, 3.63) is 53.1 Å². The summed E-state index contributed by atoms with van der Waals surface area (Å²) in [5.41, 5.74) is 7.49. The number of nitrogens with two attached hydrogens (primary N) is 1. The molecule has 2 aromatic carbocycles. The molecule has 2 rings (SSSR count). The number of carbonyl (C=O) groups excluding carboxylic acids is 1. The lowest BCUT2D eigenvalue weighted by Gasteiger charge is -2.13. The van der Waals surface area contributed by atoms with E-state index in [1.807, 2.05) is 19.1 Å². The minimum atomic E-state index is -3.85. The first-order valence-electron chi connectivity index (χ1n) is 6.82. The number of benzene rings is 2. The third-order valence-corrected chi connectivity index (χ3v) is 4.75. The molecule has 0 aliphatic carbocycles. The molecule has 0 atom stereocenters. The summed E-state index contributed by atoms with van der Waals surface area (Å²) in [6.45, 7) is 3.68. The molecule has 0 radical (unpaired) electrons. The number of methoxy groups -OCH3 is 1. The topological polar surface area (TPSA) is 98.5 Å². The Morgan fingerprint density at radius 3 is 2.43 bits per heavy atom. The third-order valence-electron chi connectivity index (χ3n) is 3.38. The molecule has 122 valence electrons. The lowest BCUT2D eigenvalue weighted by atomic mass is 10.1. The molecule has 6 nitrogen and oxygen atoms in total. The molecule has 0 bridgehead atoms. The normalized spacial score (nSPS) is 11.1. The summed E-state index contributed by atoms with van der Waals surface area (Å²) < 4.78 is 32.6. The van der Waals surface area contributed by atoms with E-state index in [2.05, 4.69) is 4.72 Å². The molecule has 2 aromatic rings. The van der Waals surface area contributed by atoms with Crippen LogP contribution in [0.15, 0.2) is 41.3 Å². The summed E-state index contributed by atoms with van der Waals surface area (Å²) in [7, 11) is -2.47. The van der Waals surface area contributed by atoms with Gasteiger partial charge in [-0.25, -0.2) is 8.42 Å². The maximum Gasteiger partial charge on any atom is 0.261 e. The van der Waals surface area contributed by atoms with Crippen molar-refractivity contribution in [3.8, 4) is 5.75 Å². The highest BCUT2D eigenvalue weighted by molar-refractivity contribution is 7.92. The lowest BCUT2D eigenvalue weighted by molar-refractivity contribution is 0.0997. The molecule has 0 saturated heterocycles. The first kappa shape index (κ1) is 16.8. The first-order chi connectivity index (χ1) is 10.7. The Balaban J connectivity index is 2.46. The number of amides is 1. The number of carbonyl (C=O) groups is 1. The van der Waals surface area contributed by atoms with Gasteiger partial charge in [-0.2, -0.15) is 0 Å². The van der Waals surface area contributed by atoms with Crippen molar-refractivity contribution in [2.24, 2.45) is 5.73 Å². The Morgan fingerprint density at radius 2 is 1.83 bits per heavy atom. The summed E-state index contributed by atoms with van der Waals surface area (Å²) in [5.74, 6) is -0.533. The predicted octanol–water partition coefficient (Wildman–Crippen LogP) is 2.21. The minimum Gasteiger partial charge on any atom is -0.496 e. The monoisotopic (exact) mass is 334 g/mol. The van der Waals surface area contributed by atoms with Crippen molar-refractivity contribution in [1.82, 2.24) is 0 Å². The van der Waals surface area contributed by atoms with Crippen LogP contribution in [0.2, 0.25) is 0 Å². The SMILES string of the molecule is COc1ccc(S(=O)(=O)Nc2cc(C)ccc2C)cc1C(N)=O. The van der Waals surface area contributed by atoms with Crippen molar-refractivity contribution in [2.45, 2.75) is 18.7 Å². The van der Waals surface area contributed by atoms with Crippen molar-refractivity contribution < 1.29 is 17.9 Å². The first-order valence-corrected chi connectivity index (χ1v) is 8.31. The van der Waals surface area contributed by atoms with Crippen molar-refractivity contribution >= 4 is 21.6 Å². The van der Waals surface area contributed by atoms with Crippen LogP contribution in [0.1, 0.15) is 21.5 Å². The quantitative estimate of drug-likeness (QED) is 0.876. The second-order valence-corrected chi connectivity index (χ2v) is 6.83. The Hall–Kier alpha value is -2.54. The van der Waals surface area contributed by atoms with Crippen LogP contribution in [0, 0.1) is 13.8 Å². The summed E-state index contributed by atoms with van der Waals surface area (Å²) in [4.78, 5) is 11.4. The van der Waals surface area contributed by atoms with Crippen LogP contribution in [0.4, 0.5) is 5.69 Å². The third kappa shape index (κ3) is 3.62. The van der Waals surface area contributed by atoms with Gasteiger partial charge in [0.25, 0.3) is 15.9 Å². The summed E-state index contributed by atoms with van der Waals surface area (Å²) >= 11 is 0. The van der Waals surface area contributed by atoms with Gasteiger partial charge in [0.1, 0.15) is 5.75 Å². The zero-order valence-electron chi connectivity index (χ0n) is 13.1. The molecule has 7 heteroatoms. The van der Waals surface area contributed by atoms with Gasteiger partial charge >= 0.3 is 0 Å². The average Bonchev–Trinajstić information content (AvgIpc) is 2.50.